The Labute approximate surface area is 154 Å². The average molecular weight is 355 g/mol. The second kappa shape index (κ2) is 8.23. The largest absolute Gasteiger partial charge is 0.493 e. The van der Waals surface area contributed by atoms with E-state index >= 15 is 0 Å². The highest BCUT2D eigenvalue weighted by atomic mass is 16.5. The molecule has 5 heteroatoms. The van der Waals surface area contributed by atoms with Crippen LogP contribution in [0.4, 0.5) is 0 Å². The van der Waals surface area contributed by atoms with Crippen LogP contribution >= 0.6 is 0 Å². The van der Waals surface area contributed by atoms with Crippen molar-refractivity contribution in [2.24, 2.45) is 0 Å². The average Bonchev–Trinajstić information content (AvgIpc) is 2.87. The molecule has 0 amide bonds. The fourth-order valence-electron chi connectivity index (χ4n) is 3.55. The van der Waals surface area contributed by atoms with Crippen molar-refractivity contribution >= 4 is 5.97 Å². The first kappa shape index (κ1) is 18.3. The maximum atomic E-state index is 11.4. The molecule has 138 valence electrons. The smallest absolute Gasteiger partial charge is 0.335 e. The molecule has 0 bridgehead atoms. The van der Waals surface area contributed by atoms with Crippen LogP contribution in [0.1, 0.15) is 27.0 Å². The van der Waals surface area contributed by atoms with Crippen molar-refractivity contribution in [3.63, 3.8) is 0 Å². The van der Waals surface area contributed by atoms with Crippen molar-refractivity contribution < 1.29 is 19.4 Å². The van der Waals surface area contributed by atoms with Gasteiger partial charge in [0.05, 0.1) is 19.8 Å². The molecular weight excluding hydrogens is 330 g/mol. The zero-order valence-electron chi connectivity index (χ0n) is 15.3. The molecule has 0 saturated heterocycles. The highest BCUT2D eigenvalue weighted by Gasteiger charge is 2.18. The highest BCUT2D eigenvalue weighted by Crippen LogP contribution is 2.32. The van der Waals surface area contributed by atoms with Crippen LogP contribution < -0.4 is 9.47 Å². The summed E-state index contributed by atoms with van der Waals surface area (Å²) in [5.74, 6) is 0.688. The summed E-state index contributed by atoms with van der Waals surface area (Å²) in [6.45, 7) is 2.77. The number of methoxy groups -OCH3 is 2. The van der Waals surface area contributed by atoms with Crippen molar-refractivity contribution in [2.45, 2.75) is 19.3 Å². The molecule has 0 aromatic heterocycles. The van der Waals surface area contributed by atoms with Gasteiger partial charge in [-0.2, -0.15) is 0 Å². The number of nitrogens with zero attached hydrogens (tertiary/aromatic N) is 1. The molecule has 0 saturated carbocycles. The van der Waals surface area contributed by atoms with E-state index in [1.165, 1.54) is 11.1 Å². The molecule has 0 aliphatic carbocycles. The van der Waals surface area contributed by atoms with E-state index in [0.29, 0.717) is 5.56 Å². The molecule has 1 aliphatic rings. The Morgan fingerprint density at radius 2 is 1.62 bits per heavy atom. The number of ether oxygens (including phenoxy) is 2. The number of hydrogen-bond donors (Lipinski definition) is 1. The number of carboxylic acids is 1. The van der Waals surface area contributed by atoms with Crippen LogP contribution in [0.3, 0.4) is 0 Å². The van der Waals surface area contributed by atoms with Gasteiger partial charge in [0.2, 0.25) is 0 Å². The molecule has 26 heavy (non-hydrogen) atoms. The van der Waals surface area contributed by atoms with Crippen LogP contribution in [-0.4, -0.2) is 49.8 Å². The summed E-state index contributed by atoms with van der Waals surface area (Å²) in [7, 11) is 3.32. The number of hydrogen-bond acceptors (Lipinski definition) is 4. The maximum absolute atomic E-state index is 11.4. The molecule has 1 heterocycles. The van der Waals surface area contributed by atoms with E-state index in [4.69, 9.17) is 9.47 Å². The Kier molecular flexibility index (Phi) is 5.78. The Hall–Kier alpha value is -2.53. The van der Waals surface area contributed by atoms with Crippen molar-refractivity contribution in [1.82, 2.24) is 4.90 Å². The van der Waals surface area contributed by atoms with E-state index in [-0.39, 0.29) is 0 Å². The Morgan fingerprint density at radius 1 is 1.04 bits per heavy atom. The highest BCUT2D eigenvalue weighted by molar-refractivity contribution is 5.89. The lowest BCUT2D eigenvalue weighted by atomic mass is 10.0. The van der Waals surface area contributed by atoms with Gasteiger partial charge >= 0.3 is 5.97 Å². The fraction of sp³-hybridized carbons (Fsp3) is 0.381. The van der Waals surface area contributed by atoms with Gasteiger partial charge in [0, 0.05) is 19.6 Å². The van der Waals surface area contributed by atoms with Gasteiger partial charge in [0.25, 0.3) is 0 Å². The summed E-state index contributed by atoms with van der Waals surface area (Å²) in [5, 5.41) is 9.33. The predicted octanol–water partition coefficient (Wildman–Crippen LogP) is 3.05. The maximum Gasteiger partial charge on any atom is 0.335 e. The minimum absolute atomic E-state index is 0.403. The van der Waals surface area contributed by atoms with Crippen LogP contribution in [0, 0.1) is 0 Å². The van der Waals surface area contributed by atoms with Gasteiger partial charge in [-0.3, -0.25) is 0 Å². The first-order chi connectivity index (χ1) is 12.6. The van der Waals surface area contributed by atoms with E-state index < -0.39 is 5.97 Å². The SMILES string of the molecule is COc1cc2c(cc1OC)CCN(CCc1ccccc1C(=O)O)CC2. The quantitative estimate of drug-likeness (QED) is 0.863. The molecule has 3 rings (SSSR count). The summed E-state index contributed by atoms with van der Waals surface area (Å²) in [6.07, 6.45) is 2.65. The van der Waals surface area contributed by atoms with Gasteiger partial charge in [0.15, 0.2) is 11.5 Å². The van der Waals surface area contributed by atoms with Crippen LogP contribution in [0.5, 0.6) is 11.5 Å². The lowest BCUT2D eigenvalue weighted by Gasteiger charge is -2.20. The molecule has 1 N–H and O–H groups in total. The normalized spacial score (nSPS) is 14.4. The third kappa shape index (κ3) is 3.99. The zero-order valence-corrected chi connectivity index (χ0v) is 15.3. The summed E-state index contributed by atoms with van der Waals surface area (Å²) in [6, 6.07) is 11.4. The van der Waals surface area contributed by atoms with E-state index in [1.807, 2.05) is 12.1 Å². The number of fused-ring (bicyclic) bond motifs is 1. The first-order valence-corrected chi connectivity index (χ1v) is 8.89. The summed E-state index contributed by atoms with van der Waals surface area (Å²) in [4.78, 5) is 13.8. The van der Waals surface area contributed by atoms with E-state index in [9.17, 15) is 9.90 Å². The zero-order chi connectivity index (χ0) is 18.5. The monoisotopic (exact) mass is 355 g/mol. The molecule has 0 radical (unpaired) electrons. The summed E-state index contributed by atoms with van der Waals surface area (Å²) >= 11 is 0. The van der Waals surface area contributed by atoms with Crippen molar-refractivity contribution in [3.05, 3.63) is 58.7 Å². The van der Waals surface area contributed by atoms with Crippen LogP contribution in [-0.2, 0) is 19.3 Å². The number of carbonyl (C=O) groups is 1. The second-order valence-electron chi connectivity index (χ2n) is 6.53. The van der Waals surface area contributed by atoms with E-state index in [1.54, 1.807) is 26.4 Å². The Morgan fingerprint density at radius 3 is 2.15 bits per heavy atom. The molecule has 2 aromatic rings. The number of carboxylic acid groups (broad SMARTS) is 1. The van der Waals surface area contributed by atoms with Crippen molar-refractivity contribution in [1.29, 1.82) is 0 Å². The van der Waals surface area contributed by atoms with Gasteiger partial charge < -0.3 is 19.5 Å². The molecule has 0 unspecified atom stereocenters. The molecule has 2 aromatic carbocycles. The second-order valence-corrected chi connectivity index (χ2v) is 6.53. The van der Waals surface area contributed by atoms with Crippen molar-refractivity contribution in [2.75, 3.05) is 33.9 Å². The van der Waals surface area contributed by atoms with Gasteiger partial charge in [-0.25, -0.2) is 4.79 Å². The van der Waals surface area contributed by atoms with Gasteiger partial charge in [-0.15, -0.1) is 0 Å². The van der Waals surface area contributed by atoms with Gasteiger partial charge in [-0.1, -0.05) is 18.2 Å². The van der Waals surface area contributed by atoms with E-state index in [0.717, 1.165) is 56.0 Å². The van der Waals surface area contributed by atoms with Crippen LogP contribution in [0.25, 0.3) is 0 Å². The molecule has 5 nitrogen and oxygen atoms in total. The number of rotatable bonds is 6. The van der Waals surface area contributed by atoms with Crippen molar-refractivity contribution in [3.8, 4) is 11.5 Å². The van der Waals surface area contributed by atoms with Crippen LogP contribution in [0.15, 0.2) is 36.4 Å². The minimum atomic E-state index is -0.858. The van der Waals surface area contributed by atoms with Crippen LogP contribution in [0.2, 0.25) is 0 Å². The predicted molar refractivity (Wildman–Crippen MR) is 100 cm³/mol. The number of aromatic carboxylic acids is 1. The Balaban J connectivity index is 1.67. The van der Waals surface area contributed by atoms with Gasteiger partial charge in [-0.05, 0) is 54.2 Å². The molecule has 0 atom stereocenters. The third-order valence-corrected chi connectivity index (χ3v) is 5.05. The molecule has 1 aliphatic heterocycles. The fourth-order valence-corrected chi connectivity index (χ4v) is 3.55. The third-order valence-electron chi connectivity index (χ3n) is 5.05. The lowest BCUT2D eigenvalue weighted by Crippen LogP contribution is -2.29. The summed E-state index contributed by atoms with van der Waals surface area (Å²) < 4.78 is 10.8. The van der Waals surface area contributed by atoms with E-state index in [2.05, 4.69) is 17.0 Å². The minimum Gasteiger partial charge on any atom is -0.493 e. The van der Waals surface area contributed by atoms with Gasteiger partial charge in [0.1, 0.15) is 0 Å². The standard InChI is InChI=1S/C21H25NO4/c1-25-19-13-16-8-11-22(12-9-17(16)14-20(19)26-2)10-7-15-5-3-4-6-18(15)21(23)24/h3-6,13-14H,7-12H2,1-2H3,(H,23,24). The molecular formula is C21H25NO4. The summed E-state index contributed by atoms with van der Waals surface area (Å²) in [5.41, 5.74) is 3.90. The topological polar surface area (TPSA) is 59.0 Å². The number of benzene rings is 2. The lowest BCUT2D eigenvalue weighted by molar-refractivity contribution is 0.0695. The molecule has 0 fully saturated rings. The molecule has 0 spiro atoms. The Bertz CT molecular complexity index is 753. The first-order valence-electron chi connectivity index (χ1n) is 8.89.